The average molecular weight is 465 g/mol. The Morgan fingerprint density at radius 3 is 2.24 bits per heavy atom. The van der Waals surface area contributed by atoms with Crippen LogP contribution in [0.25, 0.3) is 0 Å². The highest BCUT2D eigenvalue weighted by Crippen LogP contribution is 2.65. The maximum Gasteiger partial charge on any atom is 0.326 e. The van der Waals surface area contributed by atoms with Gasteiger partial charge in [0.2, 0.25) is 5.91 Å². The molecule has 8 heteroatoms. The van der Waals surface area contributed by atoms with Crippen molar-refractivity contribution >= 4 is 17.9 Å². The van der Waals surface area contributed by atoms with Crippen molar-refractivity contribution in [3.8, 4) is 0 Å². The second-order valence-electron chi connectivity index (χ2n) is 11.5. The van der Waals surface area contributed by atoms with E-state index in [1.54, 1.807) is 0 Å². The maximum absolute atomic E-state index is 13.4. The third-order valence-electron chi connectivity index (χ3n) is 9.19. The lowest BCUT2D eigenvalue weighted by atomic mass is 9.71. The summed E-state index contributed by atoms with van der Waals surface area (Å²) in [6.45, 7) is 7.45. The lowest BCUT2D eigenvalue weighted by Crippen LogP contribution is -2.55. The predicted molar refractivity (Wildman–Crippen MR) is 128 cm³/mol. The van der Waals surface area contributed by atoms with E-state index in [4.69, 9.17) is 5.73 Å². The Bertz CT molecular complexity index is 718. The van der Waals surface area contributed by atoms with Crippen molar-refractivity contribution in [1.29, 1.82) is 0 Å². The molecule has 0 radical (unpaired) electrons. The predicted octanol–water partition coefficient (Wildman–Crippen LogP) is 3.15. The lowest BCUT2D eigenvalue weighted by molar-refractivity contribution is -0.139. The molecule has 5 atom stereocenters. The number of carboxylic acids is 1. The number of rotatable bonds is 11. The highest BCUT2D eigenvalue weighted by molar-refractivity contribution is 5.89. The first kappa shape index (κ1) is 25.8. The van der Waals surface area contributed by atoms with Gasteiger partial charge in [0, 0.05) is 6.04 Å². The first-order valence-corrected chi connectivity index (χ1v) is 12.9. The van der Waals surface area contributed by atoms with Crippen LogP contribution >= 0.6 is 0 Å². The van der Waals surface area contributed by atoms with E-state index in [0.717, 1.165) is 38.5 Å². The molecule has 0 heterocycles. The van der Waals surface area contributed by atoms with Crippen molar-refractivity contribution in [3.63, 3.8) is 0 Å². The minimum absolute atomic E-state index is 0.130. The third-order valence-corrected chi connectivity index (χ3v) is 9.19. The number of unbranched alkanes of at least 4 members (excludes halogenated alkanes) is 1. The zero-order valence-electron chi connectivity index (χ0n) is 20.6. The normalized spacial score (nSPS) is 30.1. The minimum atomic E-state index is -1.07. The van der Waals surface area contributed by atoms with Gasteiger partial charge in [-0.05, 0) is 74.2 Å². The molecule has 188 valence electrons. The van der Waals surface area contributed by atoms with E-state index >= 15 is 0 Å². The Morgan fingerprint density at radius 2 is 1.70 bits per heavy atom. The van der Waals surface area contributed by atoms with Gasteiger partial charge in [0.15, 0.2) is 0 Å². The van der Waals surface area contributed by atoms with Crippen LogP contribution in [0.3, 0.4) is 0 Å². The topological polar surface area (TPSA) is 134 Å². The van der Waals surface area contributed by atoms with Gasteiger partial charge in [-0.25, -0.2) is 9.59 Å². The monoisotopic (exact) mass is 464 g/mol. The summed E-state index contributed by atoms with van der Waals surface area (Å²) in [5, 5.41) is 18.1. The zero-order valence-corrected chi connectivity index (χ0v) is 20.6. The van der Waals surface area contributed by atoms with Crippen molar-refractivity contribution in [2.75, 3.05) is 6.54 Å². The number of carbonyl (C=O) groups is 3. The molecule has 0 aromatic rings. The number of fused-ring (bicyclic) bond motifs is 2. The van der Waals surface area contributed by atoms with Crippen LogP contribution in [0.4, 0.5) is 4.79 Å². The van der Waals surface area contributed by atoms with Crippen LogP contribution in [0.1, 0.15) is 91.4 Å². The van der Waals surface area contributed by atoms with Crippen molar-refractivity contribution in [3.05, 3.63) is 0 Å². The molecule has 4 unspecified atom stereocenters. The first-order valence-electron chi connectivity index (χ1n) is 12.9. The molecule has 0 aromatic carbocycles. The van der Waals surface area contributed by atoms with Crippen LogP contribution in [0.15, 0.2) is 0 Å². The molecule has 3 aliphatic carbocycles. The quantitative estimate of drug-likeness (QED) is 0.300. The second-order valence-corrected chi connectivity index (χ2v) is 11.5. The number of aliphatic carboxylic acids is 1. The number of hydrogen-bond donors (Lipinski definition) is 5. The van der Waals surface area contributed by atoms with Gasteiger partial charge >= 0.3 is 12.0 Å². The van der Waals surface area contributed by atoms with Gasteiger partial charge in [0.05, 0.1) is 0 Å². The molecule has 2 bridgehead atoms. The average Bonchev–Trinajstić information content (AvgIpc) is 3.37. The Morgan fingerprint density at radius 1 is 1.03 bits per heavy atom. The van der Waals surface area contributed by atoms with Gasteiger partial charge in [-0.3, -0.25) is 4.79 Å². The summed E-state index contributed by atoms with van der Waals surface area (Å²) in [7, 11) is 0. The standard InChI is InChI=1S/C25H44N4O4/c1-24(2)17-11-12-25(24,3)15-20(17)27-21(30)19(14-16-8-4-5-9-16)29-23(33)28-18(22(31)32)10-6-7-13-26/h16-20H,4-15,26H2,1-3H3,(H,27,30)(H,31,32)(H2,28,29,33)/t17?,18-,19?,20?,25?/m0/s1. The fourth-order valence-electron chi connectivity index (χ4n) is 6.66. The van der Waals surface area contributed by atoms with Gasteiger partial charge < -0.3 is 26.8 Å². The Kier molecular flexibility index (Phi) is 8.30. The molecule has 3 fully saturated rings. The van der Waals surface area contributed by atoms with Gasteiger partial charge in [-0.2, -0.15) is 0 Å². The molecule has 3 saturated carbocycles. The number of nitrogens with one attached hydrogen (secondary N) is 3. The summed E-state index contributed by atoms with van der Waals surface area (Å²) in [6.07, 6.45) is 10.00. The van der Waals surface area contributed by atoms with E-state index in [9.17, 15) is 19.5 Å². The summed E-state index contributed by atoms with van der Waals surface area (Å²) in [4.78, 5) is 37.6. The number of hydrogen-bond acceptors (Lipinski definition) is 4. The highest BCUT2D eigenvalue weighted by atomic mass is 16.4. The molecule has 8 nitrogen and oxygen atoms in total. The minimum Gasteiger partial charge on any atom is -0.480 e. The van der Waals surface area contributed by atoms with Gasteiger partial charge in [0.25, 0.3) is 0 Å². The molecule has 0 saturated heterocycles. The summed E-state index contributed by atoms with van der Waals surface area (Å²) in [5.74, 6) is -0.346. The number of amides is 3. The van der Waals surface area contributed by atoms with E-state index in [0.29, 0.717) is 44.1 Å². The highest BCUT2D eigenvalue weighted by Gasteiger charge is 2.60. The van der Waals surface area contributed by atoms with Crippen molar-refractivity contribution in [2.24, 2.45) is 28.4 Å². The molecular weight excluding hydrogens is 420 g/mol. The van der Waals surface area contributed by atoms with Crippen molar-refractivity contribution in [2.45, 2.75) is 110 Å². The van der Waals surface area contributed by atoms with Gasteiger partial charge in [0.1, 0.15) is 12.1 Å². The van der Waals surface area contributed by atoms with Crippen LogP contribution in [-0.4, -0.2) is 47.7 Å². The first-order chi connectivity index (χ1) is 15.6. The molecule has 3 rings (SSSR count). The Hall–Kier alpha value is -1.83. The molecule has 3 amide bonds. The van der Waals surface area contributed by atoms with Crippen LogP contribution in [0.2, 0.25) is 0 Å². The summed E-state index contributed by atoms with van der Waals surface area (Å²) in [5.41, 5.74) is 5.92. The van der Waals surface area contributed by atoms with Crippen LogP contribution in [-0.2, 0) is 9.59 Å². The van der Waals surface area contributed by atoms with Crippen LogP contribution in [0, 0.1) is 22.7 Å². The SMILES string of the molecule is CC12CCC(C(NC(=O)C(CC3CCCC3)NC(=O)N[C@@H](CCCCN)C(=O)O)C1)C2(C)C. The van der Waals surface area contributed by atoms with Gasteiger partial charge in [-0.1, -0.05) is 46.5 Å². The summed E-state index contributed by atoms with van der Waals surface area (Å²) < 4.78 is 0. The number of carbonyl (C=O) groups excluding carboxylic acids is 2. The summed E-state index contributed by atoms with van der Waals surface area (Å²) in [6, 6.07) is -2.10. The molecule has 0 aromatic heterocycles. The molecule has 0 aliphatic heterocycles. The van der Waals surface area contributed by atoms with E-state index in [-0.39, 0.29) is 22.8 Å². The van der Waals surface area contributed by atoms with E-state index < -0.39 is 24.1 Å². The van der Waals surface area contributed by atoms with E-state index in [2.05, 4.69) is 36.7 Å². The molecular formula is C25H44N4O4. The number of nitrogens with two attached hydrogens (primary N) is 1. The summed E-state index contributed by atoms with van der Waals surface area (Å²) >= 11 is 0. The molecule has 33 heavy (non-hydrogen) atoms. The van der Waals surface area contributed by atoms with Crippen LogP contribution < -0.4 is 21.7 Å². The fourth-order valence-corrected chi connectivity index (χ4v) is 6.66. The van der Waals surface area contributed by atoms with Gasteiger partial charge in [-0.15, -0.1) is 0 Å². The molecule has 6 N–H and O–H groups in total. The maximum atomic E-state index is 13.4. The van der Waals surface area contributed by atoms with E-state index in [1.807, 2.05) is 0 Å². The number of urea groups is 1. The van der Waals surface area contributed by atoms with Crippen LogP contribution in [0.5, 0.6) is 0 Å². The zero-order chi connectivity index (χ0) is 24.2. The van der Waals surface area contributed by atoms with E-state index in [1.165, 1.54) is 6.42 Å². The lowest BCUT2D eigenvalue weighted by Gasteiger charge is -2.33. The van der Waals surface area contributed by atoms with Crippen molar-refractivity contribution in [1.82, 2.24) is 16.0 Å². The van der Waals surface area contributed by atoms with Crippen molar-refractivity contribution < 1.29 is 19.5 Å². The fraction of sp³-hybridized carbons (Fsp3) is 0.880. The Balaban J connectivity index is 1.62. The second kappa shape index (κ2) is 10.6. The smallest absolute Gasteiger partial charge is 0.326 e. The third kappa shape index (κ3) is 5.81. The number of carboxylic acid groups (broad SMARTS) is 1. The Labute approximate surface area is 198 Å². The largest absolute Gasteiger partial charge is 0.480 e. The molecule has 0 spiro atoms. The molecule has 3 aliphatic rings.